The third-order valence-electron chi connectivity index (χ3n) is 3.21. The fourth-order valence-electron chi connectivity index (χ4n) is 2.11. The highest BCUT2D eigenvalue weighted by Crippen LogP contribution is 2.16. The maximum atomic E-state index is 12.1. The van der Waals surface area contributed by atoms with Gasteiger partial charge in [0.2, 0.25) is 0 Å². The average molecular weight is 248 g/mol. The maximum Gasteiger partial charge on any atom is 0.318 e. The second-order valence-corrected chi connectivity index (χ2v) is 4.42. The van der Waals surface area contributed by atoms with Crippen molar-refractivity contribution in [3.05, 3.63) is 35.9 Å². The first kappa shape index (κ1) is 12.9. The monoisotopic (exact) mass is 248 g/mol. The van der Waals surface area contributed by atoms with E-state index < -0.39 is 0 Å². The van der Waals surface area contributed by atoms with Crippen molar-refractivity contribution >= 4 is 6.03 Å². The number of nitrogens with one attached hydrogen (secondary N) is 1. The van der Waals surface area contributed by atoms with Crippen molar-refractivity contribution in [2.75, 3.05) is 26.3 Å². The smallest absolute Gasteiger partial charge is 0.318 e. The molecule has 1 aliphatic rings. The standard InChI is InChI=1S/C14H20N2O2/c1-2-13(12-6-4-3-5-7-12)15-14(17)16-8-10-18-11-9-16/h3-7,13H,2,8-11H2,1H3,(H,15,17). The Morgan fingerprint density at radius 3 is 2.61 bits per heavy atom. The molecule has 0 aromatic heterocycles. The number of nitrogens with zero attached hydrogens (tertiary/aromatic N) is 1. The topological polar surface area (TPSA) is 41.6 Å². The summed E-state index contributed by atoms with van der Waals surface area (Å²) in [6, 6.07) is 10.2. The summed E-state index contributed by atoms with van der Waals surface area (Å²) in [5.41, 5.74) is 1.15. The molecule has 1 heterocycles. The molecule has 0 radical (unpaired) electrons. The third kappa shape index (κ3) is 3.23. The molecular formula is C14H20N2O2. The largest absolute Gasteiger partial charge is 0.378 e. The zero-order chi connectivity index (χ0) is 12.8. The Hall–Kier alpha value is -1.55. The number of carbonyl (C=O) groups is 1. The van der Waals surface area contributed by atoms with Gasteiger partial charge in [0.25, 0.3) is 0 Å². The summed E-state index contributed by atoms with van der Waals surface area (Å²) in [5.74, 6) is 0. The molecule has 1 saturated heterocycles. The molecule has 1 aliphatic heterocycles. The minimum absolute atomic E-state index is 0.00834. The molecule has 98 valence electrons. The van der Waals surface area contributed by atoms with Gasteiger partial charge in [0.05, 0.1) is 19.3 Å². The first-order valence-electron chi connectivity index (χ1n) is 6.49. The Balaban J connectivity index is 1.95. The second kappa shape index (κ2) is 6.40. The van der Waals surface area contributed by atoms with Crippen LogP contribution in [0.5, 0.6) is 0 Å². The Labute approximate surface area is 108 Å². The highest BCUT2D eigenvalue weighted by atomic mass is 16.5. The van der Waals surface area contributed by atoms with Gasteiger partial charge in [-0.15, -0.1) is 0 Å². The molecule has 0 spiro atoms. The van der Waals surface area contributed by atoms with E-state index >= 15 is 0 Å². The van der Waals surface area contributed by atoms with Gasteiger partial charge >= 0.3 is 6.03 Å². The van der Waals surface area contributed by atoms with Crippen LogP contribution in [0.1, 0.15) is 24.9 Å². The van der Waals surface area contributed by atoms with Gasteiger partial charge in [0.1, 0.15) is 0 Å². The van der Waals surface area contributed by atoms with Crippen LogP contribution in [0.3, 0.4) is 0 Å². The van der Waals surface area contributed by atoms with E-state index in [1.54, 1.807) is 0 Å². The van der Waals surface area contributed by atoms with Crippen molar-refractivity contribution in [1.82, 2.24) is 10.2 Å². The molecule has 1 N–H and O–H groups in total. The molecule has 0 bridgehead atoms. The highest BCUT2D eigenvalue weighted by molar-refractivity contribution is 5.74. The molecule has 18 heavy (non-hydrogen) atoms. The summed E-state index contributed by atoms with van der Waals surface area (Å²) >= 11 is 0. The molecule has 2 rings (SSSR count). The second-order valence-electron chi connectivity index (χ2n) is 4.42. The molecule has 1 aromatic rings. The summed E-state index contributed by atoms with van der Waals surface area (Å²) in [6.45, 7) is 4.70. The van der Waals surface area contributed by atoms with Crippen LogP contribution in [0.4, 0.5) is 4.79 Å². The highest BCUT2D eigenvalue weighted by Gasteiger charge is 2.19. The van der Waals surface area contributed by atoms with Crippen molar-refractivity contribution in [3.63, 3.8) is 0 Å². The summed E-state index contributed by atoms with van der Waals surface area (Å²) < 4.78 is 5.24. The van der Waals surface area contributed by atoms with Gasteiger partial charge in [-0.05, 0) is 12.0 Å². The Bertz CT molecular complexity index is 375. The maximum absolute atomic E-state index is 12.1. The molecule has 1 fully saturated rings. The van der Waals surface area contributed by atoms with Crippen molar-refractivity contribution in [3.8, 4) is 0 Å². The van der Waals surface area contributed by atoms with Crippen LogP contribution in [-0.2, 0) is 4.74 Å². The molecule has 4 nitrogen and oxygen atoms in total. The molecular weight excluding hydrogens is 228 g/mol. The predicted octanol–water partition coefficient (Wildman–Crippen LogP) is 2.18. The number of morpholine rings is 1. The summed E-state index contributed by atoms with van der Waals surface area (Å²) in [4.78, 5) is 13.9. The lowest BCUT2D eigenvalue weighted by atomic mass is 10.1. The lowest BCUT2D eigenvalue weighted by Gasteiger charge is -2.29. The van der Waals surface area contributed by atoms with Crippen LogP contribution in [0.15, 0.2) is 30.3 Å². The summed E-state index contributed by atoms with van der Waals surface area (Å²) in [5, 5.41) is 3.08. The number of carbonyl (C=O) groups excluding carboxylic acids is 1. The number of amides is 2. The minimum atomic E-state index is 0.00834. The van der Waals surface area contributed by atoms with Gasteiger partial charge in [-0.1, -0.05) is 37.3 Å². The Morgan fingerprint density at radius 2 is 2.00 bits per heavy atom. The van der Waals surface area contributed by atoms with Gasteiger partial charge in [-0.25, -0.2) is 4.79 Å². The van der Waals surface area contributed by atoms with Crippen LogP contribution in [-0.4, -0.2) is 37.2 Å². The normalized spacial score (nSPS) is 17.3. The average Bonchev–Trinajstić information content (AvgIpc) is 2.46. The molecule has 0 aliphatic carbocycles. The van der Waals surface area contributed by atoms with Crippen molar-refractivity contribution < 1.29 is 9.53 Å². The van der Waals surface area contributed by atoms with Gasteiger partial charge in [0.15, 0.2) is 0 Å². The predicted molar refractivity (Wildman–Crippen MR) is 70.4 cm³/mol. The van der Waals surface area contributed by atoms with E-state index in [-0.39, 0.29) is 12.1 Å². The van der Waals surface area contributed by atoms with Gasteiger partial charge in [0, 0.05) is 13.1 Å². The Morgan fingerprint density at radius 1 is 1.33 bits per heavy atom. The minimum Gasteiger partial charge on any atom is -0.378 e. The van der Waals surface area contributed by atoms with Crippen LogP contribution in [0.25, 0.3) is 0 Å². The van der Waals surface area contributed by atoms with Crippen molar-refractivity contribution in [2.24, 2.45) is 0 Å². The fourth-order valence-corrected chi connectivity index (χ4v) is 2.11. The van der Waals surface area contributed by atoms with E-state index in [9.17, 15) is 4.79 Å². The SMILES string of the molecule is CCC(NC(=O)N1CCOCC1)c1ccccc1. The molecule has 1 unspecified atom stereocenters. The zero-order valence-electron chi connectivity index (χ0n) is 10.8. The quantitative estimate of drug-likeness (QED) is 0.890. The first-order chi connectivity index (χ1) is 8.81. The van der Waals surface area contributed by atoms with Crippen molar-refractivity contribution in [2.45, 2.75) is 19.4 Å². The molecule has 4 heteroatoms. The third-order valence-corrected chi connectivity index (χ3v) is 3.21. The zero-order valence-corrected chi connectivity index (χ0v) is 10.8. The molecule has 1 atom stereocenters. The van der Waals surface area contributed by atoms with Crippen LogP contribution < -0.4 is 5.32 Å². The van der Waals surface area contributed by atoms with E-state index in [0.717, 1.165) is 12.0 Å². The van der Waals surface area contributed by atoms with Crippen LogP contribution >= 0.6 is 0 Å². The van der Waals surface area contributed by atoms with E-state index in [1.807, 2.05) is 35.2 Å². The fraction of sp³-hybridized carbons (Fsp3) is 0.500. The molecule has 1 aromatic carbocycles. The summed E-state index contributed by atoms with van der Waals surface area (Å²) in [7, 11) is 0. The number of hydrogen-bond donors (Lipinski definition) is 1. The van der Waals surface area contributed by atoms with Crippen LogP contribution in [0.2, 0.25) is 0 Å². The lowest BCUT2D eigenvalue weighted by molar-refractivity contribution is 0.0524. The van der Waals surface area contributed by atoms with E-state index in [4.69, 9.17) is 4.74 Å². The van der Waals surface area contributed by atoms with Crippen molar-refractivity contribution in [1.29, 1.82) is 0 Å². The molecule has 0 saturated carbocycles. The van der Waals surface area contributed by atoms with E-state index in [1.165, 1.54) is 0 Å². The number of urea groups is 1. The number of benzene rings is 1. The van der Waals surface area contributed by atoms with E-state index in [2.05, 4.69) is 12.2 Å². The lowest BCUT2D eigenvalue weighted by Crippen LogP contribution is -2.47. The summed E-state index contributed by atoms with van der Waals surface area (Å²) in [6.07, 6.45) is 0.889. The van der Waals surface area contributed by atoms with Gasteiger partial charge in [-0.2, -0.15) is 0 Å². The molecule has 2 amide bonds. The Kier molecular flexibility index (Phi) is 4.59. The van der Waals surface area contributed by atoms with Gasteiger partial charge < -0.3 is 15.0 Å². The van der Waals surface area contributed by atoms with Gasteiger partial charge in [-0.3, -0.25) is 0 Å². The number of hydrogen-bond acceptors (Lipinski definition) is 2. The number of rotatable bonds is 3. The van der Waals surface area contributed by atoms with Crippen LogP contribution in [0, 0.1) is 0 Å². The van der Waals surface area contributed by atoms with E-state index in [0.29, 0.717) is 26.3 Å². The number of ether oxygens (including phenoxy) is 1. The first-order valence-corrected chi connectivity index (χ1v) is 6.49.